The molecule has 1 amide bonds. The molecule has 0 aliphatic rings. The van der Waals surface area contributed by atoms with Gasteiger partial charge < -0.3 is 9.84 Å². The van der Waals surface area contributed by atoms with Crippen molar-refractivity contribution in [2.75, 3.05) is 5.32 Å². The Balaban J connectivity index is 2.85. The summed E-state index contributed by atoms with van der Waals surface area (Å²) in [6.45, 7) is 6.75. The molecule has 1 heterocycles. The summed E-state index contributed by atoms with van der Waals surface area (Å²) in [4.78, 5) is 22.3. The molecule has 17 heavy (non-hydrogen) atoms. The van der Waals surface area contributed by atoms with Gasteiger partial charge in [0.2, 0.25) is 0 Å². The van der Waals surface area contributed by atoms with E-state index >= 15 is 0 Å². The average molecular weight is 241 g/mol. The first kappa shape index (κ1) is 13.0. The number of hydrogen-bond donors (Lipinski definition) is 3. The summed E-state index contributed by atoms with van der Waals surface area (Å²) < 4.78 is 5.02. The number of ether oxygens (including phenoxy) is 1. The first-order valence-electron chi connectivity index (χ1n) is 4.99. The number of carboxylic acids is 1. The summed E-state index contributed by atoms with van der Waals surface area (Å²) in [5, 5.41) is 17.3. The minimum atomic E-state index is -1.22. The van der Waals surface area contributed by atoms with Gasteiger partial charge in [-0.1, -0.05) is 0 Å². The highest BCUT2D eigenvalue weighted by molar-refractivity contribution is 5.97. The van der Waals surface area contributed by atoms with Crippen molar-refractivity contribution < 1.29 is 19.4 Å². The second-order valence-corrected chi connectivity index (χ2v) is 4.50. The Morgan fingerprint density at radius 1 is 1.41 bits per heavy atom. The van der Waals surface area contributed by atoms with Gasteiger partial charge in [-0.3, -0.25) is 10.4 Å². The largest absolute Gasteiger partial charge is 0.476 e. The van der Waals surface area contributed by atoms with Gasteiger partial charge in [0.05, 0.1) is 11.4 Å². The summed E-state index contributed by atoms with van der Waals surface area (Å²) >= 11 is 0. The molecule has 7 nitrogen and oxygen atoms in total. The summed E-state index contributed by atoms with van der Waals surface area (Å²) in [6, 6.07) is 0. The number of aryl methyl sites for hydroxylation is 1. The van der Waals surface area contributed by atoms with Crippen LogP contribution in [0.5, 0.6) is 0 Å². The van der Waals surface area contributed by atoms with Gasteiger partial charge in [0.25, 0.3) is 0 Å². The SMILES string of the molecule is Cc1[nH]nc(C(=O)O)c1NC(=O)OC(C)(C)C. The highest BCUT2D eigenvalue weighted by atomic mass is 16.6. The van der Waals surface area contributed by atoms with Gasteiger partial charge in [-0.05, 0) is 27.7 Å². The number of nitrogens with one attached hydrogen (secondary N) is 2. The van der Waals surface area contributed by atoms with Gasteiger partial charge >= 0.3 is 12.1 Å². The summed E-state index contributed by atoms with van der Waals surface area (Å²) in [5.74, 6) is -1.22. The zero-order valence-corrected chi connectivity index (χ0v) is 10.1. The molecule has 94 valence electrons. The monoisotopic (exact) mass is 241 g/mol. The fraction of sp³-hybridized carbons (Fsp3) is 0.500. The molecule has 0 atom stereocenters. The number of aromatic amines is 1. The van der Waals surface area contributed by atoms with Crippen LogP contribution < -0.4 is 5.32 Å². The molecule has 0 spiro atoms. The maximum atomic E-state index is 11.5. The molecule has 1 aromatic rings. The number of nitrogens with zero attached hydrogens (tertiary/aromatic N) is 1. The Morgan fingerprint density at radius 2 is 2.00 bits per heavy atom. The lowest BCUT2D eigenvalue weighted by Crippen LogP contribution is -2.27. The number of H-pyrrole nitrogens is 1. The molecule has 3 N–H and O–H groups in total. The Bertz CT molecular complexity index is 445. The zero-order chi connectivity index (χ0) is 13.2. The number of carboxylic acid groups (broad SMARTS) is 1. The quantitative estimate of drug-likeness (QED) is 0.731. The Hall–Kier alpha value is -2.05. The van der Waals surface area contributed by atoms with Crippen LogP contribution in [-0.2, 0) is 4.74 Å². The second-order valence-electron chi connectivity index (χ2n) is 4.50. The average Bonchev–Trinajstić information content (AvgIpc) is 2.44. The number of hydrogen-bond acceptors (Lipinski definition) is 4. The predicted octanol–water partition coefficient (Wildman–Crippen LogP) is 1.76. The molecular weight excluding hydrogens is 226 g/mol. The first-order valence-corrected chi connectivity index (χ1v) is 4.99. The first-order chi connectivity index (χ1) is 7.70. The van der Waals surface area contributed by atoms with Crippen LogP contribution >= 0.6 is 0 Å². The van der Waals surface area contributed by atoms with Crippen molar-refractivity contribution in [1.29, 1.82) is 0 Å². The molecule has 0 radical (unpaired) electrons. The van der Waals surface area contributed by atoms with E-state index in [0.717, 1.165) is 0 Å². The zero-order valence-electron chi connectivity index (χ0n) is 10.1. The van der Waals surface area contributed by atoms with Crippen LogP contribution in [0, 0.1) is 6.92 Å². The number of carbonyl (C=O) groups excluding carboxylic acids is 1. The topological polar surface area (TPSA) is 104 Å². The fourth-order valence-electron chi connectivity index (χ4n) is 1.14. The van der Waals surface area contributed by atoms with E-state index in [4.69, 9.17) is 9.84 Å². The van der Waals surface area contributed by atoms with Gasteiger partial charge in [-0.15, -0.1) is 0 Å². The number of anilines is 1. The van der Waals surface area contributed by atoms with E-state index in [0.29, 0.717) is 5.69 Å². The molecule has 1 aromatic heterocycles. The molecular formula is C10H15N3O4. The number of rotatable bonds is 2. The minimum absolute atomic E-state index is 0.117. The number of amides is 1. The van der Waals surface area contributed by atoms with E-state index in [1.807, 2.05) is 0 Å². The van der Waals surface area contributed by atoms with E-state index in [1.165, 1.54) is 0 Å². The fourth-order valence-corrected chi connectivity index (χ4v) is 1.14. The van der Waals surface area contributed by atoms with Crippen molar-refractivity contribution in [3.8, 4) is 0 Å². The number of carbonyl (C=O) groups is 2. The molecule has 0 aliphatic heterocycles. The van der Waals surface area contributed by atoms with E-state index in [1.54, 1.807) is 27.7 Å². The van der Waals surface area contributed by atoms with Crippen molar-refractivity contribution in [2.24, 2.45) is 0 Å². The van der Waals surface area contributed by atoms with Crippen molar-refractivity contribution in [1.82, 2.24) is 10.2 Å². The molecule has 1 rings (SSSR count). The highest BCUT2D eigenvalue weighted by Gasteiger charge is 2.22. The van der Waals surface area contributed by atoms with Crippen molar-refractivity contribution in [2.45, 2.75) is 33.3 Å². The van der Waals surface area contributed by atoms with E-state index < -0.39 is 17.7 Å². The second kappa shape index (κ2) is 4.44. The lowest BCUT2D eigenvalue weighted by Gasteiger charge is -2.19. The Kier molecular flexibility index (Phi) is 3.40. The van der Waals surface area contributed by atoms with E-state index in [9.17, 15) is 9.59 Å². The van der Waals surface area contributed by atoms with Crippen LogP contribution in [0.2, 0.25) is 0 Å². The molecule has 0 saturated heterocycles. The molecule has 0 saturated carbocycles. The normalized spacial score (nSPS) is 11.1. The van der Waals surface area contributed by atoms with Gasteiger partial charge in [-0.2, -0.15) is 5.10 Å². The molecule has 0 unspecified atom stereocenters. The Labute approximate surface area is 98.2 Å². The number of aromatic nitrogens is 2. The molecule has 0 fully saturated rings. The van der Waals surface area contributed by atoms with Crippen LogP contribution in [0.4, 0.5) is 10.5 Å². The van der Waals surface area contributed by atoms with Gasteiger partial charge in [0.15, 0.2) is 5.69 Å². The predicted molar refractivity (Wildman–Crippen MR) is 60.1 cm³/mol. The number of aromatic carboxylic acids is 1. The highest BCUT2D eigenvalue weighted by Crippen LogP contribution is 2.18. The standard InChI is InChI=1S/C10H15N3O4/c1-5-6(7(8(14)15)13-12-5)11-9(16)17-10(2,3)4/h1-4H3,(H,11,16)(H,12,13)(H,14,15). The van der Waals surface area contributed by atoms with Crippen LogP contribution in [0.1, 0.15) is 37.0 Å². The van der Waals surface area contributed by atoms with Crippen LogP contribution in [0.25, 0.3) is 0 Å². The van der Waals surface area contributed by atoms with Crippen LogP contribution in [0.15, 0.2) is 0 Å². The molecule has 0 bridgehead atoms. The van der Waals surface area contributed by atoms with Gasteiger partial charge in [0, 0.05) is 0 Å². The maximum Gasteiger partial charge on any atom is 0.412 e. The van der Waals surface area contributed by atoms with E-state index in [-0.39, 0.29) is 11.4 Å². The summed E-state index contributed by atoms with van der Waals surface area (Å²) in [6.07, 6.45) is -0.718. The summed E-state index contributed by atoms with van der Waals surface area (Å²) in [7, 11) is 0. The van der Waals surface area contributed by atoms with Crippen LogP contribution in [0.3, 0.4) is 0 Å². The smallest absolute Gasteiger partial charge is 0.412 e. The lowest BCUT2D eigenvalue weighted by atomic mass is 10.2. The minimum Gasteiger partial charge on any atom is -0.476 e. The molecule has 7 heteroatoms. The third kappa shape index (κ3) is 3.47. The van der Waals surface area contributed by atoms with Crippen molar-refractivity contribution in [3.63, 3.8) is 0 Å². The Morgan fingerprint density at radius 3 is 2.47 bits per heavy atom. The maximum absolute atomic E-state index is 11.5. The third-order valence-electron chi connectivity index (χ3n) is 1.78. The van der Waals surface area contributed by atoms with Crippen LogP contribution in [-0.4, -0.2) is 33.0 Å². The third-order valence-corrected chi connectivity index (χ3v) is 1.78. The van der Waals surface area contributed by atoms with Crippen molar-refractivity contribution >= 4 is 17.7 Å². The van der Waals surface area contributed by atoms with E-state index in [2.05, 4.69) is 15.5 Å². The van der Waals surface area contributed by atoms with Gasteiger partial charge in [-0.25, -0.2) is 9.59 Å². The molecule has 0 aromatic carbocycles. The van der Waals surface area contributed by atoms with Gasteiger partial charge in [0.1, 0.15) is 5.60 Å². The lowest BCUT2D eigenvalue weighted by molar-refractivity contribution is 0.0636. The molecule has 0 aliphatic carbocycles. The summed E-state index contributed by atoms with van der Waals surface area (Å²) in [5.41, 5.74) is -0.321. The van der Waals surface area contributed by atoms with Crippen molar-refractivity contribution in [3.05, 3.63) is 11.4 Å².